The molecule has 1 unspecified atom stereocenters. The number of aromatic nitrogens is 2. The number of aryl methyl sites for hydroxylation is 1. The molecule has 1 saturated heterocycles. The maximum atomic E-state index is 13.8. The van der Waals surface area contributed by atoms with Crippen molar-refractivity contribution in [3.05, 3.63) is 75.8 Å². The van der Waals surface area contributed by atoms with Crippen molar-refractivity contribution in [3.63, 3.8) is 0 Å². The van der Waals surface area contributed by atoms with Crippen molar-refractivity contribution >= 4 is 34.7 Å². The number of fused-ring (bicyclic) bond motifs is 1. The van der Waals surface area contributed by atoms with Gasteiger partial charge < -0.3 is 15.0 Å². The molecule has 0 radical (unpaired) electrons. The minimum Gasteiger partial charge on any atom is -0.459 e. The minimum absolute atomic E-state index is 0.118. The average molecular weight is 506 g/mol. The van der Waals surface area contributed by atoms with Gasteiger partial charge >= 0.3 is 12.0 Å². The first-order valence-corrected chi connectivity index (χ1v) is 11.7. The third kappa shape index (κ3) is 4.92. The Morgan fingerprint density at radius 3 is 2.51 bits per heavy atom. The summed E-state index contributed by atoms with van der Waals surface area (Å²) >= 11 is 0. The predicted molar refractivity (Wildman–Crippen MR) is 133 cm³/mol. The molecule has 11 nitrogen and oxygen atoms in total. The summed E-state index contributed by atoms with van der Waals surface area (Å²) in [6, 6.07) is 13.5. The quantitative estimate of drug-likeness (QED) is 0.293. The van der Waals surface area contributed by atoms with Gasteiger partial charge in [-0.1, -0.05) is 36.4 Å². The van der Waals surface area contributed by atoms with E-state index < -0.39 is 28.9 Å². The highest BCUT2D eigenvalue weighted by molar-refractivity contribution is 6.13. The van der Waals surface area contributed by atoms with E-state index in [1.165, 1.54) is 11.8 Å². The first-order valence-electron chi connectivity index (χ1n) is 11.7. The summed E-state index contributed by atoms with van der Waals surface area (Å²) in [5.41, 5.74) is -1.06. The molecule has 11 heteroatoms. The number of hydrogen-bond acceptors (Lipinski definition) is 7. The number of nitrogens with zero attached hydrogens (tertiary/aromatic N) is 3. The van der Waals surface area contributed by atoms with E-state index in [9.17, 15) is 24.0 Å². The molecule has 0 aliphatic carbocycles. The zero-order valence-corrected chi connectivity index (χ0v) is 20.7. The van der Waals surface area contributed by atoms with E-state index in [2.05, 4.69) is 15.6 Å². The topological polar surface area (TPSA) is 140 Å². The van der Waals surface area contributed by atoms with Crippen molar-refractivity contribution in [2.45, 2.75) is 38.5 Å². The maximum Gasteiger partial charge on any atom is 0.342 e. The van der Waals surface area contributed by atoms with Crippen LogP contribution in [0.3, 0.4) is 0 Å². The molecule has 2 N–H and O–H groups in total. The van der Waals surface area contributed by atoms with Gasteiger partial charge in [0.2, 0.25) is 11.4 Å². The molecule has 1 fully saturated rings. The highest BCUT2D eigenvalue weighted by atomic mass is 16.5. The molecule has 0 bridgehead atoms. The van der Waals surface area contributed by atoms with Gasteiger partial charge in [0, 0.05) is 27.1 Å². The van der Waals surface area contributed by atoms with E-state index in [0.29, 0.717) is 16.6 Å². The van der Waals surface area contributed by atoms with Crippen LogP contribution in [0.4, 0.5) is 4.79 Å². The fraction of sp³-hybridized carbons (Fsp3) is 0.308. The lowest BCUT2D eigenvalue weighted by Crippen LogP contribution is -2.62. The summed E-state index contributed by atoms with van der Waals surface area (Å²) in [6.45, 7) is 1.55. The number of benzene rings is 2. The summed E-state index contributed by atoms with van der Waals surface area (Å²) < 4.78 is 6.53. The van der Waals surface area contributed by atoms with Crippen molar-refractivity contribution in [1.82, 2.24) is 25.1 Å². The first-order chi connectivity index (χ1) is 17.6. The van der Waals surface area contributed by atoms with E-state index in [1.807, 2.05) is 6.07 Å². The summed E-state index contributed by atoms with van der Waals surface area (Å²) in [7, 11) is 3.22. The molecule has 0 spiro atoms. The van der Waals surface area contributed by atoms with Gasteiger partial charge in [0.1, 0.15) is 12.4 Å². The van der Waals surface area contributed by atoms with Crippen LogP contribution in [0, 0.1) is 6.92 Å². The summed E-state index contributed by atoms with van der Waals surface area (Å²) in [5, 5.41) is 5.07. The Bertz CT molecular complexity index is 1450. The van der Waals surface area contributed by atoms with Gasteiger partial charge in [-0.3, -0.25) is 24.3 Å². The molecule has 4 rings (SSSR count). The fourth-order valence-electron chi connectivity index (χ4n) is 4.28. The van der Waals surface area contributed by atoms with Crippen LogP contribution in [-0.2, 0) is 37.8 Å². The third-order valence-corrected chi connectivity index (χ3v) is 6.22. The van der Waals surface area contributed by atoms with Crippen molar-refractivity contribution in [2.75, 3.05) is 14.1 Å². The maximum absolute atomic E-state index is 13.8. The lowest BCUT2D eigenvalue weighted by Gasteiger charge is -2.35. The number of hydrogen-bond donors (Lipinski definition) is 2. The number of esters is 1. The molecule has 1 aromatic heterocycles. The highest BCUT2D eigenvalue weighted by Gasteiger charge is 2.54. The zero-order chi connectivity index (χ0) is 26.7. The summed E-state index contributed by atoms with van der Waals surface area (Å²) in [5.74, 6) is -2.33. The van der Waals surface area contributed by atoms with Gasteiger partial charge in [-0.05, 0) is 36.6 Å². The van der Waals surface area contributed by atoms with E-state index in [4.69, 9.17) is 4.74 Å². The van der Waals surface area contributed by atoms with Gasteiger partial charge in [0.05, 0.1) is 10.9 Å². The molecule has 192 valence electrons. The fourth-order valence-corrected chi connectivity index (χ4v) is 4.28. The van der Waals surface area contributed by atoms with Gasteiger partial charge in [-0.15, -0.1) is 0 Å². The van der Waals surface area contributed by atoms with Crippen LogP contribution >= 0.6 is 0 Å². The molecule has 3 aromatic rings. The molecular weight excluding hydrogens is 478 g/mol. The van der Waals surface area contributed by atoms with Crippen LogP contribution < -0.4 is 16.2 Å². The van der Waals surface area contributed by atoms with Crippen LogP contribution in [-0.4, -0.2) is 52.4 Å². The van der Waals surface area contributed by atoms with E-state index in [-0.39, 0.29) is 43.2 Å². The average Bonchev–Trinajstić information content (AvgIpc) is 2.87. The molecule has 0 saturated carbocycles. The second-order valence-corrected chi connectivity index (χ2v) is 9.00. The number of imide groups is 1. The van der Waals surface area contributed by atoms with Crippen LogP contribution in [0.5, 0.6) is 0 Å². The molecule has 1 aliphatic heterocycles. The second-order valence-electron chi connectivity index (χ2n) is 9.00. The van der Waals surface area contributed by atoms with Crippen molar-refractivity contribution in [2.24, 2.45) is 0 Å². The Morgan fingerprint density at radius 2 is 1.84 bits per heavy atom. The SMILES string of the molecule is Cc1nc2ccc(CNC(=O)N(C)C)cc2c(=O)n1C1(C(=O)OCc2ccccc2)CCC(=O)NC1=O. The van der Waals surface area contributed by atoms with Crippen molar-refractivity contribution in [3.8, 4) is 0 Å². The lowest BCUT2D eigenvalue weighted by atomic mass is 9.87. The van der Waals surface area contributed by atoms with Crippen LogP contribution in [0.25, 0.3) is 10.9 Å². The number of urea groups is 1. The summed E-state index contributed by atoms with van der Waals surface area (Å²) in [4.78, 5) is 70.3. The largest absolute Gasteiger partial charge is 0.459 e. The van der Waals surface area contributed by atoms with Gasteiger partial charge in [-0.2, -0.15) is 0 Å². The number of carbonyl (C=O) groups excluding carboxylic acids is 4. The Balaban J connectivity index is 1.78. The van der Waals surface area contributed by atoms with Gasteiger partial charge in [0.25, 0.3) is 11.5 Å². The van der Waals surface area contributed by atoms with E-state index in [1.54, 1.807) is 56.6 Å². The van der Waals surface area contributed by atoms with Crippen molar-refractivity contribution < 1.29 is 23.9 Å². The Hall–Kier alpha value is -4.54. The summed E-state index contributed by atoms with van der Waals surface area (Å²) in [6.07, 6.45) is -0.412. The monoisotopic (exact) mass is 505 g/mol. The smallest absolute Gasteiger partial charge is 0.342 e. The number of carbonyl (C=O) groups is 4. The normalized spacial score (nSPS) is 17.3. The molecule has 1 aliphatic rings. The van der Waals surface area contributed by atoms with Crippen LogP contribution in [0.1, 0.15) is 29.8 Å². The number of ether oxygens (including phenoxy) is 1. The standard InChI is InChI=1S/C26H27N5O6/c1-16-28-20-10-9-18(14-27-25(36)30(2)3)13-19(20)22(33)31(16)26(12-11-21(32)29-23(26)34)24(35)37-15-17-7-5-4-6-8-17/h4-10,13H,11-12,14-15H2,1-3H3,(H,27,36)(H,29,32,34). The number of rotatable bonds is 6. The Morgan fingerprint density at radius 1 is 1.11 bits per heavy atom. The molecule has 2 heterocycles. The number of nitrogens with one attached hydrogen (secondary N) is 2. The highest BCUT2D eigenvalue weighted by Crippen LogP contribution is 2.30. The molecule has 2 aromatic carbocycles. The molecular formula is C26H27N5O6. The van der Waals surface area contributed by atoms with Crippen LogP contribution in [0.2, 0.25) is 0 Å². The van der Waals surface area contributed by atoms with E-state index in [0.717, 1.165) is 4.57 Å². The Labute approximate surface area is 212 Å². The molecule has 37 heavy (non-hydrogen) atoms. The molecule has 4 amide bonds. The van der Waals surface area contributed by atoms with Gasteiger partial charge in [-0.25, -0.2) is 14.6 Å². The third-order valence-electron chi connectivity index (χ3n) is 6.22. The number of piperidine rings is 1. The predicted octanol–water partition coefficient (Wildman–Crippen LogP) is 1.35. The molecule has 1 atom stereocenters. The number of amides is 4. The van der Waals surface area contributed by atoms with E-state index >= 15 is 0 Å². The minimum atomic E-state index is -2.11. The Kier molecular flexibility index (Phi) is 7.05. The first kappa shape index (κ1) is 25.5. The van der Waals surface area contributed by atoms with Crippen molar-refractivity contribution in [1.29, 1.82) is 0 Å². The zero-order valence-electron chi connectivity index (χ0n) is 20.7. The van der Waals surface area contributed by atoms with Gasteiger partial charge in [0.15, 0.2) is 0 Å². The lowest BCUT2D eigenvalue weighted by molar-refractivity contribution is -0.164. The van der Waals surface area contributed by atoms with Crippen LogP contribution in [0.15, 0.2) is 53.3 Å². The second kappa shape index (κ2) is 10.2.